The summed E-state index contributed by atoms with van der Waals surface area (Å²) in [6.07, 6.45) is 0.361. The first kappa shape index (κ1) is 32.0. The van der Waals surface area contributed by atoms with Crippen LogP contribution in [-0.4, -0.2) is 48.5 Å². The molecule has 0 saturated carbocycles. The lowest BCUT2D eigenvalue weighted by molar-refractivity contribution is -0.383. The smallest absolute Gasteiger partial charge is 0.323 e. The Hall–Kier alpha value is -5.91. The van der Waals surface area contributed by atoms with Gasteiger partial charge in [-0.25, -0.2) is 4.79 Å². The molecule has 3 amide bonds. The molecule has 0 aromatic heterocycles. The molecule has 1 atom stereocenters. The van der Waals surface area contributed by atoms with Crippen LogP contribution in [0.1, 0.15) is 51.1 Å². The lowest BCUT2D eigenvalue weighted by Gasteiger charge is -2.23. The van der Waals surface area contributed by atoms with Gasteiger partial charge in [0.25, 0.3) is 11.6 Å². The number of urea groups is 1. The summed E-state index contributed by atoms with van der Waals surface area (Å²) in [7, 11) is 2.97. The predicted molar refractivity (Wildman–Crippen MR) is 169 cm³/mol. The van der Waals surface area contributed by atoms with Gasteiger partial charge < -0.3 is 30.5 Å². The standard InChI is InChI=1S/C33H32N4O8/c1-20(38)25-18-30(44-2)31(45-3)19-26(25)23(16-17-34-32(40)24-8-4-7-11-29(24)39)21-12-14-22(15-13-21)35-33(41)36-27-9-5-6-10-28(27)37(42)43/h4-15,18-19,23,39H,16-17H2,1-3H3,(H,34,40)(H2,35,36,41). The highest BCUT2D eigenvalue weighted by Gasteiger charge is 2.24. The molecule has 12 heteroatoms. The van der Waals surface area contributed by atoms with E-state index in [1.807, 2.05) is 0 Å². The van der Waals surface area contributed by atoms with Crippen molar-refractivity contribution in [2.45, 2.75) is 19.3 Å². The summed E-state index contributed by atoms with van der Waals surface area (Å²) < 4.78 is 10.9. The number of hydrogen-bond acceptors (Lipinski definition) is 8. The summed E-state index contributed by atoms with van der Waals surface area (Å²) in [6, 6.07) is 21.6. The summed E-state index contributed by atoms with van der Waals surface area (Å²) in [5.74, 6) is -0.384. The number of methoxy groups -OCH3 is 2. The van der Waals surface area contributed by atoms with Gasteiger partial charge in [0.05, 0.1) is 24.7 Å². The first-order valence-corrected chi connectivity index (χ1v) is 13.9. The summed E-state index contributed by atoms with van der Waals surface area (Å²) >= 11 is 0. The van der Waals surface area contributed by atoms with Gasteiger partial charge in [-0.2, -0.15) is 0 Å². The minimum absolute atomic E-state index is 0.0489. The van der Waals surface area contributed by atoms with Gasteiger partial charge >= 0.3 is 6.03 Å². The van der Waals surface area contributed by atoms with Gasteiger partial charge in [0.1, 0.15) is 11.4 Å². The van der Waals surface area contributed by atoms with Gasteiger partial charge in [-0.15, -0.1) is 0 Å². The Labute approximate surface area is 259 Å². The zero-order valence-electron chi connectivity index (χ0n) is 24.8. The number of amides is 3. The number of nitrogens with zero attached hydrogens (tertiary/aromatic N) is 1. The minimum Gasteiger partial charge on any atom is -0.507 e. The molecule has 4 aromatic rings. The second kappa shape index (κ2) is 14.5. The molecule has 0 fully saturated rings. The van der Waals surface area contributed by atoms with Crippen LogP contribution in [-0.2, 0) is 0 Å². The number of anilines is 2. The third-order valence-corrected chi connectivity index (χ3v) is 7.10. The predicted octanol–water partition coefficient (Wildman–Crippen LogP) is 6.12. The second-order valence-corrected chi connectivity index (χ2v) is 9.94. The summed E-state index contributed by atoms with van der Waals surface area (Å²) in [5, 5.41) is 29.3. The van der Waals surface area contributed by atoms with E-state index in [-0.39, 0.29) is 35.0 Å². The molecule has 0 radical (unpaired) electrons. The maximum Gasteiger partial charge on any atom is 0.323 e. The number of carbonyl (C=O) groups is 3. The topological polar surface area (TPSA) is 169 Å². The van der Waals surface area contributed by atoms with E-state index in [1.54, 1.807) is 54.6 Å². The van der Waals surface area contributed by atoms with Crippen LogP contribution in [0.25, 0.3) is 0 Å². The quantitative estimate of drug-likeness (QED) is 0.0843. The number of ketones is 1. The first-order valence-electron chi connectivity index (χ1n) is 13.9. The van der Waals surface area contributed by atoms with Crippen LogP contribution in [0.4, 0.5) is 21.9 Å². The number of nitrogens with one attached hydrogen (secondary N) is 3. The normalized spacial score (nSPS) is 11.2. The van der Waals surface area contributed by atoms with E-state index in [9.17, 15) is 29.6 Å². The van der Waals surface area contributed by atoms with Gasteiger partial charge in [0.15, 0.2) is 17.3 Å². The molecule has 0 saturated heterocycles. The van der Waals surface area contributed by atoms with Crippen molar-refractivity contribution in [3.63, 3.8) is 0 Å². The highest BCUT2D eigenvalue weighted by atomic mass is 16.6. The molecule has 1 unspecified atom stereocenters. The zero-order valence-corrected chi connectivity index (χ0v) is 24.8. The lowest BCUT2D eigenvalue weighted by Crippen LogP contribution is -2.26. The van der Waals surface area contributed by atoms with Crippen LogP contribution in [0.15, 0.2) is 84.9 Å². The van der Waals surface area contributed by atoms with E-state index < -0.39 is 22.8 Å². The van der Waals surface area contributed by atoms with E-state index in [2.05, 4.69) is 16.0 Å². The first-order chi connectivity index (χ1) is 21.6. The number of ether oxygens (including phenoxy) is 2. The Kier molecular flexibility index (Phi) is 10.3. The number of benzene rings is 4. The molecule has 4 N–H and O–H groups in total. The maximum atomic E-state index is 12.8. The lowest BCUT2D eigenvalue weighted by atomic mass is 9.84. The Balaban J connectivity index is 1.61. The molecular weight excluding hydrogens is 580 g/mol. The molecule has 0 aliphatic carbocycles. The van der Waals surface area contributed by atoms with Crippen molar-refractivity contribution in [3.8, 4) is 17.2 Å². The Bertz CT molecular complexity index is 1720. The highest BCUT2D eigenvalue weighted by molar-refractivity contribution is 6.01. The van der Waals surface area contributed by atoms with Crippen LogP contribution >= 0.6 is 0 Å². The molecule has 232 valence electrons. The largest absolute Gasteiger partial charge is 0.507 e. The number of rotatable bonds is 12. The molecule has 0 heterocycles. The molecule has 0 bridgehead atoms. The molecule has 12 nitrogen and oxygen atoms in total. The van der Waals surface area contributed by atoms with Crippen molar-refractivity contribution >= 4 is 34.8 Å². The molecule has 4 aromatic carbocycles. The average molecular weight is 613 g/mol. The second-order valence-electron chi connectivity index (χ2n) is 9.94. The van der Waals surface area contributed by atoms with E-state index in [0.717, 1.165) is 5.56 Å². The summed E-state index contributed by atoms with van der Waals surface area (Å²) in [5.41, 5.74) is 2.19. The fourth-order valence-corrected chi connectivity index (χ4v) is 4.90. The highest BCUT2D eigenvalue weighted by Crippen LogP contribution is 2.38. The van der Waals surface area contributed by atoms with Gasteiger partial charge in [0.2, 0.25) is 0 Å². The Morgan fingerprint density at radius 2 is 1.51 bits per heavy atom. The van der Waals surface area contributed by atoms with Crippen molar-refractivity contribution in [3.05, 3.63) is 117 Å². The Morgan fingerprint density at radius 1 is 0.867 bits per heavy atom. The third-order valence-electron chi connectivity index (χ3n) is 7.10. The van der Waals surface area contributed by atoms with E-state index >= 15 is 0 Å². The maximum absolute atomic E-state index is 12.8. The van der Waals surface area contributed by atoms with E-state index in [4.69, 9.17) is 9.47 Å². The van der Waals surface area contributed by atoms with Crippen LogP contribution in [0.2, 0.25) is 0 Å². The van der Waals surface area contributed by atoms with Crippen molar-refractivity contribution in [1.82, 2.24) is 5.32 Å². The third kappa shape index (κ3) is 7.73. The molecule has 0 aliphatic rings. The molecule has 0 spiro atoms. The Morgan fingerprint density at radius 3 is 2.16 bits per heavy atom. The minimum atomic E-state index is -0.667. The molecule has 45 heavy (non-hydrogen) atoms. The number of Topliss-reactive ketones (excluding diaryl/α,β-unsaturated/α-hetero) is 1. The van der Waals surface area contributed by atoms with Gasteiger partial charge in [-0.1, -0.05) is 36.4 Å². The van der Waals surface area contributed by atoms with E-state index in [1.165, 1.54) is 51.5 Å². The van der Waals surface area contributed by atoms with Crippen LogP contribution in [0.5, 0.6) is 17.2 Å². The van der Waals surface area contributed by atoms with Crippen LogP contribution in [0.3, 0.4) is 0 Å². The molecular formula is C33H32N4O8. The van der Waals surface area contributed by atoms with Crippen LogP contribution < -0.4 is 25.4 Å². The fraction of sp³-hybridized carbons (Fsp3) is 0.182. The number of phenolic OH excluding ortho intramolecular Hbond substituents is 1. The summed E-state index contributed by atoms with van der Waals surface area (Å²) in [6.45, 7) is 1.65. The fourth-order valence-electron chi connectivity index (χ4n) is 4.90. The number of aromatic hydroxyl groups is 1. The zero-order chi connectivity index (χ0) is 32.5. The number of hydrogen-bond donors (Lipinski definition) is 4. The SMILES string of the molecule is COc1cc(C(C)=O)c(C(CCNC(=O)c2ccccc2O)c2ccc(NC(=O)Nc3ccccc3[N+](=O)[O-])cc2)cc1OC. The molecule has 4 rings (SSSR count). The monoisotopic (exact) mass is 612 g/mol. The van der Waals surface area contributed by atoms with Gasteiger partial charge in [-0.3, -0.25) is 19.7 Å². The number of nitro benzene ring substituents is 1. The number of phenols is 1. The number of carbonyl (C=O) groups excluding carboxylic acids is 3. The number of nitro groups is 1. The van der Waals surface area contributed by atoms with E-state index in [0.29, 0.717) is 34.7 Å². The van der Waals surface area contributed by atoms with Crippen molar-refractivity contribution in [2.24, 2.45) is 0 Å². The number of para-hydroxylation sites is 3. The van der Waals surface area contributed by atoms with Gasteiger partial charge in [0, 0.05) is 29.8 Å². The van der Waals surface area contributed by atoms with Crippen molar-refractivity contribution < 1.29 is 33.9 Å². The average Bonchev–Trinajstić information content (AvgIpc) is 3.03. The van der Waals surface area contributed by atoms with Crippen molar-refractivity contribution in [2.75, 3.05) is 31.4 Å². The molecule has 0 aliphatic heterocycles. The van der Waals surface area contributed by atoms with Crippen LogP contribution in [0, 0.1) is 10.1 Å². The van der Waals surface area contributed by atoms with Crippen molar-refractivity contribution in [1.29, 1.82) is 0 Å². The summed E-state index contributed by atoms with van der Waals surface area (Å²) in [4.78, 5) is 48.9. The van der Waals surface area contributed by atoms with Gasteiger partial charge in [-0.05, 0) is 66.9 Å².